The lowest BCUT2D eigenvalue weighted by Gasteiger charge is -2.31. The summed E-state index contributed by atoms with van der Waals surface area (Å²) in [6.45, 7) is 2.81. The molecule has 0 aromatic heterocycles. The molecule has 0 saturated carbocycles. The van der Waals surface area contributed by atoms with Gasteiger partial charge in [0.05, 0.1) is 0 Å². The fraction of sp³-hybridized carbons (Fsp3) is 0.167. The van der Waals surface area contributed by atoms with Crippen molar-refractivity contribution >= 4 is 40.5 Å². The third-order valence-electron chi connectivity index (χ3n) is 5.09. The maximum Gasteiger partial charge on any atom is 0.408 e. The smallest absolute Gasteiger partial charge is 0.391 e. The highest BCUT2D eigenvalue weighted by molar-refractivity contribution is 6.95. The van der Waals surface area contributed by atoms with E-state index < -0.39 is 8.56 Å². The van der Waals surface area contributed by atoms with Crippen molar-refractivity contribution in [1.29, 1.82) is 0 Å². The highest BCUT2D eigenvalue weighted by Gasteiger charge is 2.44. The molecule has 0 unspecified atom stereocenters. The summed E-state index contributed by atoms with van der Waals surface area (Å²) >= 11 is 0. The fourth-order valence-electron chi connectivity index (χ4n) is 3.85. The van der Waals surface area contributed by atoms with Gasteiger partial charge in [0.25, 0.3) is 0 Å². The minimum atomic E-state index is -2.87. The van der Waals surface area contributed by atoms with Gasteiger partial charge < -0.3 is 8.85 Å². The van der Waals surface area contributed by atoms with Crippen LogP contribution in [-0.4, -0.2) is 22.3 Å². The lowest BCUT2D eigenvalue weighted by molar-refractivity contribution is 0.225. The molecule has 0 radical (unpaired) electrons. The second-order valence-electron chi connectivity index (χ2n) is 6.72. The molecule has 3 heteroatoms. The van der Waals surface area contributed by atoms with E-state index in [1.807, 2.05) is 0 Å². The van der Waals surface area contributed by atoms with Gasteiger partial charge in [-0.1, -0.05) is 91.9 Å². The molecule has 0 spiro atoms. The Morgan fingerprint density at radius 3 is 1.63 bits per heavy atom. The lowest BCUT2D eigenvalue weighted by Crippen LogP contribution is -2.63. The number of fused-ring (bicyclic) bond motifs is 2. The largest absolute Gasteiger partial charge is 0.408 e. The summed E-state index contributed by atoms with van der Waals surface area (Å²) in [6, 6.07) is 29.8. The monoisotopic (exact) mass is 372 g/mol. The van der Waals surface area contributed by atoms with Crippen molar-refractivity contribution in [3.8, 4) is 0 Å². The summed E-state index contributed by atoms with van der Waals surface area (Å²) in [4.78, 5) is 0. The molecule has 0 aliphatic rings. The summed E-state index contributed by atoms with van der Waals surface area (Å²) < 4.78 is 13.0. The summed E-state index contributed by atoms with van der Waals surface area (Å²) in [6.07, 6.45) is 0.952. The van der Waals surface area contributed by atoms with Crippen LogP contribution in [0.15, 0.2) is 84.9 Å². The van der Waals surface area contributed by atoms with E-state index >= 15 is 0 Å². The molecule has 0 amide bonds. The second kappa shape index (κ2) is 7.65. The van der Waals surface area contributed by atoms with Crippen LogP contribution in [0.4, 0.5) is 0 Å². The van der Waals surface area contributed by atoms with Crippen LogP contribution < -0.4 is 10.4 Å². The fourth-order valence-corrected chi connectivity index (χ4v) is 7.30. The van der Waals surface area contributed by atoms with Gasteiger partial charge in [0.1, 0.15) is 0 Å². The molecule has 0 aliphatic heterocycles. The minimum Gasteiger partial charge on any atom is -0.391 e. The van der Waals surface area contributed by atoms with Gasteiger partial charge in [-0.15, -0.1) is 0 Å². The Kier molecular flexibility index (Phi) is 5.08. The first-order valence-corrected chi connectivity index (χ1v) is 11.3. The molecular weight excluding hydrogens is 348 g/mol. The van der Waals surface area contributed by atoms with Gasteiger partial charge in [0, 0.05) is 24.1 Å². The molecule has 2 nitrogen and oxygen atoms in total. The maximum absolute atomic E-state index is 6.63. The predicted octanol–water partition coefficient (Wildman–Crippen LogP) is 4.62. The van der Waals surface area contributed by atoms with Crippen molar-refractivity contribution in [3.63, 3.8) is 0 Å². The quantitative estimate of drug-likeness (QED) is 0.460. The second-order valence-corrected chi connectivity index (χ2v) is 9.73. The van der Waals surface area contributed by atoms with Gasteiger partial charge in [-0.2, -0.15) is 0 Å². The zero-order valence-electron chi connectivity index (χ0n) is 15.8. The van der Waals surface area contributed by atoms with Gasteiger partial charge in [-0.05, 0) is 28.0 Å². The molecule has 4 aromatic rings. The summed E-state index contributed by atoms with van der Waals surface area (Å²) in [5.41, 5.74) is 0. The number of rotatable bonds is 6. The number of hydrogen-bond acceptors (Lipinski definition) is 2. The van der Waals surface area contributed by atoms with Gasteiger partial charge >= 0.3 is 8.56 Å². The van der Waals surface area contributed by atoms with E-state index in [9.17, 15) is 0 Å². The summed E-state index contributed by atoms with van der Waals surface area (Å²) in [5.74, 6) is 0. The zero-order valence-corrected chi connectivity index (χ0v) is 16.8. The summed E-state index contributed by atoms with van der Waals surface area (Å²) in [5, 5.41) is 7.18. The molecule has 0 heterocycles. The third-order valence-corrected chi connectivity index (χ3v) is 8.56. The van der Waals surface area contributed by atoms with E-state index in [0.717, 1.165) is 6.42 Å². The topological polar surface area (TPSA) is 18.5 Å². The van der Waals surface area contributed by atoms with E-state index in [1.54, 1.807) is 7.11 Å². The number of benzene rings is 4. The van der Waals surface area contributed by atoms with Crippen LogP contribution in [0.5, 0.6) is 0 Å². The molecule has 4 aromatic carbocycles. The van der Waals surface area contributed by atoms with Crippen molar-refractivity contribution in [2.75, 3.05) is 13.7 Å². The van der Waals surface area contributed by atoms with E-state index in [1.165, 1.54) is 31.9 Å². The first-order chi connectivity index (χ1) is 13.3. The highest BCUT2D eigenvalue weighted by atomic mass is 28.4. The van der Waals surface area contributed by atoms with Gasteiger partial charge in [-0.3, -0.25) is 0 Å². The van der Waals surface area contributed by atoms with Gasteiger partial charge in [0.15, 0.2) is 0 Å². The lowest BCUT2D eigenvalue weighted by atomic mass is 10.1. The standard InChI is InChI=1S/C24H24O2Si/c1-3-18-26-27(25-2,23-16-8-12-19-10-4-6-14-21(19)23)24-17-9-13-20-11-5-7-15-22(20)24/h4-17H,3,18H2,1-2H3. The van der Waals surface area contributed by atoms with Crippen LogP contribution in [0.3, 0.4) is 0 Å². The van der Waals surface area contributed by atoms with Crippen molar-refractivity contribution < 1.29 is 8.85 Å². The molecule has 27 heavy (non-hydrogen) atoms. The van der Waals surface area contributed by atoms with Gasteiger partial charge in [0.2, 0.25) is 0 Å². The highest BCUT2D eigenvalue weighted by Crippen LogP contribution is 2.21. The van der Waals surface area contributed by atoms with Crippen molar-refractivity contribution in [1.82, 2.24) is 0 Å². The molecule has 0 aliphatic carbocycles. The van der Waals surface area contributed by atoms with Crippen LogP contribution in [0.2, 0.25) is 0 Å². The van der Waals surface area contributed by atoms with Crippen LogP contribution in [0.1, 0.15) is 13.3 Å². The van der Waals surface area contributed by atoms with E-state index in [2.05, 4.69) is 91.9 Å². The van der Waals surface area contributed by atoms with Crippen LogP contribution in [-0.2, 0) is 8.85 Å². The van der Waals surface area contributed by atoms with Crippen LogP contribution >= 0.6 is 0 Å². The average Bonchev–Trinajstić information content (AvgIpc) is 2.74. The molecule has 4 rings (SSSR count). The van der Waals surface area contributed by atoms with E-state index in [0.29, 0.717) is 6.61 Å². The van der Waals surface area contributed by atoms with Crippen molar-refractivity contribution in [2.24, 2.45) is 0 Å². The molecule has 0 N–H and O–H groups in total. The summed E-state index contributed by atoms with van der Waals surface area (Å²) in [7, 11) is -1.07. The van der Waals surface area contributed by atoms with E-state index in [4.69, 9.17) is 8.85 Å². The Balaban J connectivity index is 2.06. The SMILES string of the molecule is CCCO[Si](OC)(c1cccc2ccccc12)c1cccc2ccccc12. The van der Waals surface area contributed by atoms with Crippen molar-refractivity contribution in [3.05, 3.63) is 84.9 Å². The molecule has 0 atom stereocenters. The van der Waals surface area contributed by atoms with Crippen LogP contribution in [0.25, 0.3) is 21.5 Å². The number of hydrogen-bond donors (Lipinski definition) is 0. The minimum absolute atomic E-state index is 0.673. The average molecular weight is 373 g/mol. The Morgan fingerprint density at radius 1 is 0.667 bits per heavy atom. The zero-order chi connectivity index (χ0) is 18.7. The molecule has 0 fully saturated rings. The first kappa shape index (κ1) is 17.9. The van der Waals surface area contributed by atoms with E-state index in [-0.39, 0.29) is 0 Å². The van der Waals surface area contributed by atoms with Gasteiger partial charge in [-0.25, -0.2) is 0 Å². The molecular formula is C24H24O2Si. The molecule has 0 saturated heterocycles. The molecule has 136 valence electrons. The molecule has 0 bridgehead atoms. The Bertz CT molecular complexity index is 984. The first-order valence-electron chi connectivity index (χ1n) is 9.46. The maximum atomic E-state index is 6.63. The van der Waals surface area contributed by atoms with Crippen molar-refractivity contribution in [2.45, 2.75) is 13.3 Å². The third kappa shape index (κ3) is 3.08. The van der Waals surface area contributed by atoms with Crippen LogP contribution in [0, 0.1) is 0 Å². The normalized spacial score (nSPS) is 11.9. The Hall–Kier alpha value is -2.46. The Labute approximate surface area is 161 Å². The predicted molar refractivity (Wildman–Crippen MR) is 116 cm³/mol. The Morgan fingerprint density at radius 2 is 1.15 bits per heavy atom.